The van der Waals surface area contributed by atoms with Crippen LogP contribution in [0.1, 0.15) is 34.6 Å². The standard InChI is InChI=1S/C14H16N2O2/c1-10(13-3-2-8-18-13)16-9-11-4-6-12(7-5-11)14(15)17/h2-8,10,16H,9H2,1H3,(H2,15,17). The van der Waals surface area contributed by atoms with E-state index in [0.29, 0.717) is 12.1 Å². The Morgan fingerprint density at radius 1 is 1.33 bits per heavy atom. The van der Waals surface area contributed by atoms with Crippen molar-refractivity contribution in [3.8, 4) is 0 Å². The highest BCUT2D eigenvalue weighted by Crippen LogP contribution is 2.13. The molecule has 0 aliphatic heterocycles. The number of carbonyl (C=O) groups excluding carboxylic acids is 1. The molecular formula is C14H16N2O2. The highest BCUT2D eigenvalue weighted by molar-refractivity contribution is 5.92. The van der Waals surface area contributed by atoms with Gasteiger partial charge in [-0.3, -0.25) is 4.79 Å². The summed E-state index contributed by atoms with van der Waals surface area (Å²) < 4.78 is 5.31. The van der Waals surface area contributed by atoms with Crippen LogP contribution < -0.4 is 11.1 Å². The van der Waals surface area contributed by atoms with Gasteiger partial charge in [0.25, 0.3) is 0 Å². The van der Waals surface area contributed by atoms with Gasteiger partial charge in [0.05, 0.1) is 12.3 Å². The van der Waals surface area contributed by atoms with Crippen LogP contribution in [0.15, 0.2) is 47.1 Å². The molecule has 0 radical (unpaired) electrons. The summed E-state index contributed by atoms with van der Waals surface area (Å²) in [6.07, 6.45) is 1.66. The molecule has 1 heterocycles. The van der Waals surface area contributed by atoms with Crippen LogP contribution in [-0.4, -0.2) is 5.91 Å². The molecule has 1 aromatic heterocycles. The van der Waals surface area contributed by atoms with Gasteiger partial charge in [-0.05, 0) is 36.8 Å². The van der Waals surface area contributed by atoms with Crippen LogP contribution >= 0.6 is 0 Å². The Morgan fingerprint density at radius 3 is 2.61 bits per heavy atom. The fourth-order valence-corrected chi connectivity index (χ4v) is 1.70. The second kappa shape index (κ2) is 5.51. The fraction of sp³-hybridized carbons (Fsp3) is 0.214. The van der Waals surface area contributed by atoms with E-state index >= 15 is 0 Å². The average molecular weight is 244 g/mol. The largest absolute Gasteiger partial charge is 0.468 e. The third-order valence-corrected chi connectivity index (χ3v) is 2.82. The minimum atomic E-state index is -0.404. The molecular weight excluding hydrogens is 228 g/mol. The van der Waals surface area contributed by atoms with Crippen molar-refractivity contribution in [3.05, 3.63) is 59.5 Å². The Morgan fingerprint density at radius 2 is 2.06 bits per heavy atom. The van der Waals surface area contributed by atoms with Crippen molar-refractivity contribution >= 4 is 5.91 Å². The van der Waals surface area contributed by atoms with Crippen molar-refractivity contribution in [3.63, 3.8) is 0 Å². The van der Waals surface area contributed by atoms with E-state index in [2.05, 4.69) is 5.32 Å². The summed E-state index contributed by atoms with van der Waals surface area (Å²) in [7, 11) is 0. The van der Waals surface area contributed by atoms with E-state index in [9.17, 15) is 4.79 Å². The van der Waals surface area contributed by atoms with Gasteiger partial charge < -0.3 is 15.5 Å². The van der Waals surface area contributed by atoms with Crippen LogP contribution in [0.5, 0.6) is 0 Å². The number of rotatable bonds is 5. The number of nitrogens with two attached hydrogens (primary N) is 1. The molecule has 2 aromatic rings. The maximum absolute atomic E-state index is 10.9. The first-order valence-corrected chi connectivity index (χ1v) is 5.82. The summed E-state index contributed by atoms with van der Waals surface area (Å²) in [5, 5.41) is 3.34. The van der Waals surface area contributed by atoms with Crippen LogP contribution in [-0.2, 0) is 6.54 Å². The van der Waals surface area contributed by atoms with Gasteiger partial charge in [-0.15, -0.1) is 0 Å². The minimum absolute atomic E-state index is 0.149. The summed E-state index contributed by atoms with van der Waals surface area (Å²) in [5.74, 6) is 0.502. The van der Waals surface area contributed by atoms with Crippen molar-refractivity contribution in [2.75, 3.05) is 0 Å². The van der Waals surface area contributed by atoms with Gasteiger partial charge in [-0.2, -0.15) is 0 Å². The van der Waals surface area contributed by atoms with Crippen LogP contribution in [0.25, 0.3) is 0 Å². The molecule has 1 atom stereocenters. The average Bonchev–Trinajstić information content (AvgIpc) is 2.90. The van der Waals surface area contributed by atoms with E-state index in [1.54, 1.807) is 18.4 Å². The molecule has 18 heavy (non-hydrogen) atoms. The Hall–Kier alpha value is -2.07. The van der Waals surface area contributed by atoms with Crippen molar-refractivity contribution in [1.82, 2.24) is 5.32 Å². The van der Waals surface area contributed by atoms with E-state index < -0.39 is 5.91 Å². The van der Waals surface area contributed by atoms with E-state index in [4.69, 9.17) is 10.2 Å². The van der Waals surface area contributed by atoms with E-state index in [-0.39, 0.29) is 6.04 Å². The van der Waals surface area contributed by atoms with Crippen molar-refractivity contribution in [2.24, 2.45) is 5.73 Å². The predicted molar refractivity (Wildman–Crippen MR) is 68.9 cm³/mol. The maximum Gasteiger partial charge on any atom is 0.248 e. The minimum Gasteiger partial charge on any atom is -0.468 e. The molecule has 94 valence electrons. The first kappa shape index (κ1) is 12.4. The first-order valence-electron chi connectivity index (χ1n) is 5.82. The van der Waals surface area contributed by atoms with Crippen molar-refractivity contribution in [1.29, 1.82) is 0 Å². The third kappa shape index (κ3) is 2.99. The molecule has 0 fully saturated rings. The Labute approximate surface area is 106 Å². The zero-order valence-electron chi connectivity index (χ0n) is 10.2. The first-order chi connectivity index (χ1) is 8.66. The summed E-state index contributed by atoms with van der Waals surface area (Å²) in [6, 6.07) is 11.2. The van der Waals surface area contributed by atoms with Crippen molar-refractivity contribution in [2.45, 2.75) is 19.5 Å². The van der Waals surface area contributed by atoms with Crippen LogP contribution in [0.2, 0.25) is 0 Å². The number of primary amides is 1. The van der Waals surface area contributed by atoms with Crippen molar-refractivity contribution < 1.29 is 9.21 Å². The second-order valence-corrected chi connectivity index (χ2v) is 4.18. The molecule has 2 rings (SSSR count). The van der Waals surface area contributed by atoms with Gasteiger partial charge >= 0.3 is 0 Å². The molecule has 0 aliphatic rings. The number of carbonyl (C=O) groups is 1. The number of hydrogen-bond acceptors (Lipinski definition) is 3. The lowest BCUT2D eigenvalue weighted by atomic mass is 10.1. The van der Waals surface area contributed by atoms with Gasteiger partial charge in [-0.1, -0.05) is 12.1 Å². The lowest BCUT2D eigenvalue weighted by molar-refractivity contribution is 0.100. The molecule has 1 unspecified atom stereocenters. The summed E-state index contributed by atoms with van der Waals surface area (Å²) in [5.41, 5.74) is 6.80. The topological polar surface area (TPSA) is 68.3 Å². The molecule has 3 N–H and O–H groups in total. The van der Waals surface area contributed by atoms with Gasteiger partial charge in [0, 0.05) is 12.1 Å². The Balaban J connectivity index is 1.92. The molecule has 1 aromatic carbocycles. The van der Waals surface area contributed by atoms with E-state index in [0.717, 1.165) is 11.3 Å². The second-order valence-electron chi connectivity index (χ2n) is 4.18. The van der Waals surface area contributed by atoms with E-state index in [1.165, 1.54) is 0 Å². The molecule has 0 bridgehead atoms. The zero-order chi connectivity index (χ0) is 13.0. The van der Waals surface area contributed by atoms with Crippen LogP contribution in [0, 0.1) is 0 Å². The number of hydrogen-bond donors (Lipinski definition) is 2. The summed E-state index contributed by atoms with van der Waals surface area (Å²) >= 11 is 0. The Kier molecular flexibility index (Phi) is 3.79. The van der Waals surface area contributed by atoms with E-state index in [1.807, 2.05) is 31.2 Å². The predicted octanol–water partition coefficient (Wildman–Crippen LogP) is 2.23. The molecule has 1 amide bonds. The quantitative estimate of drug-likeness (QED) is 0.847. The van der Waals surface area contributed by atoms with Crippen LogP contribution in [0.4, 0.5) is 0 Å². The maximum atomic E-state index is 10.9. The number of benzene rings is 1. The monoisotopic (exact) mass is 244 g/mol. The third-order valence-electron chi connectivity index (χ3n) is 2.82. The lowest BCUT2D eigenvalue weighted by Gasteiger charge is -2.11. The summed E-state index contributed by atoms with van der Waals surface area (Å²) in [6.45, 7) is 2.75. The molecule has 0 aliphatic carbocycles. The SMILES string of the molecule is CC(NCc1ccc(C(N)=O)cc1)c1ccco1. The zero-order valence-corrected chi connectivity index (χ0v) is 10.2. The molecule has 0 spiro atoms. The van der Waals surface area contributed by atoms with Gasteiger partial charge in [0.2, 0.25) is 5.91 Å². The smallest absolute Gasteiger partial charge is 0.248 e. The normalized spacial score (nSPS) is 12.3. The number of furan rings is 1. The summed E-state index contributed by atoms with van der Waals surface area (Å²) in [4.78, 5) is 10.9. The van der Waals surface area contributed by atoms with Crippen LogP contribution in [0.3, 0.4) is 0 Å². The van der Waals surface area contributed by atoms with Gasteiger partial charge in [0.1, 0.15) is 5.76 Å². The fourth-order valence-electron chi connectivity index (χ4n) is 1.70. The highest BCUT2D eigenvalue weighted by Gasteiger charge is 2.07. The van der Waals surface area contributed by atoms with Gasteiger partial charge in [0.15, 0.2) is 0 Å². The molecule has 4 heteroatoms. The van der Waals surface area contributed by atoms with Gasteiger partial charge in [-0.25, -0.2) is 0 Å². The molecule has 0 saturated carbocycles. The lowest BCUT2D eigenvalue weighted by Crippen LogP contribution is -2.17. The molecule has 0 saturated heterocycles. The Bertz CT molecular complexity index is 503. The highest BCUT2D eigenvalue weighted by atomic mass is 16.3. The number of amides is 1. The number of nitrogens with one attached hydrogen (secondary N) is 1. The molecule has 4 nitrogen and oxygen atoms in total.